The molecule has 0 fully saturated rings. The summed E-state index contributed by atoms with van der Waals surface area (Å²) in [5, 5.41) is 4.09. The molecule has 4 heteroatoms. The van der Waals surface area contributed by atoms with Crippen LogP contribution in [0.15, 0.2) is 36.4 Å². The van der Waals surface area contributed by atoms with E-state index >= 15 is 0 Å². The molecule has 92 valence electrons. The molecular formula is C14H13FN2O. The summed E-state index contributed by atoms with van der Waals surface area (Å²) in [6.07, 6.45) is 3.06. The molecule has 0 aliphatic carbocycles. The van der Waals surface area contributed by atoms with Crippen molar-refractivity contribution < 1.29 is 9.18 Å². The van der Waals surface area contributed by atoms with Crippen LogP contribution < -0.4 is 0 Å². The molecule has 2 rings (SSSR count). The molecule has 2 aromatic rings. The molecule has 1 aromatic carbocycles. The summed E-state index contributed by atoms with van der Waals surface area (Å²) in [7, 11) is 0. The normalized spacial score (nSPS) is 11.1. The van der Waals surface area contributed by atoms with E-state index in [1.54, 1.807) is 18.2 Å². The standard InChI is InChI=1S/C14H13FN2O/c1-10-9-11(2)17(16-10)14(18)8-5-12-3-6-13(15)7-4-12/h3-9H,1-2H3. The Hall–Kier alpha value is -2.23. The zero-order valence-electron chi connectivity index (χ0n) is 10.2. The van der Waals surface area contributed by atoms with E-state index in [0.29, 0.717) is 0 Å². The van der Waals surface area contributed by atoms with Gasteiger partial charge in [0.15, 0.2) is 0 Å². The fourth-order valence-electron chi connectivity index (χ4n) is 1.66. The van der Waals surface area contributed by atoms with Crippen LogP contribution in [-0.4, -0.2) is 15.7 Å². The minimum Gasteiger partial charge on any atom is -0.267 e. The predicted molar refractivity (Wildman–Crippen MR) is 67.8 cm³/mol. The second-order valence-corrected chi connectivity index (χ2v) is 4.06. The maximum Gasteiger partial charge on any atom is 0.271 e. The van der Waals surface area contributed by atoms with Crippen LogP contribution in [0.4, 0.5) is 4.39 Å². The molecule has 0 saturated heterocycles. The molecule has 0 bridgehead atoms. The molecule has 0 aliphatic heterocycles. The lowest BCUT2D eigenvalue weighted by molar-refractivity contribution is 0.0952. The van der Waals surface area contributed by atoms with Gasteiger partial charge in [0.25, 0.3) is 5.91 Å². The highest BCUT2D eigenvalue weighted by Crippen LogP contribution is 2.06. The summed E-state index contributed by atoms with van der Waals surface area (Å²) in [5.41, 5.74) is 2.36. The third kappa shape index (κ3) is 2.71. The smallest absolute Gasteiger partial charge is 0.267 e. The molecular weight excluding hydrogens is 231 g/mol. The molecule has 1 aromatic heterocycles. The van der Waals surface area contributed by atoms with Gasteiger partial charge in [-0.3, -0.25) is 4.79 Å². The molecule has 0 unspecified atom stereocenters. The van der Waals surface area contributed by atoms with Crippen molar-refractivity contribution in [2.45, 2.75) is 13.8 Å². The maximum absolute atomic E-state index is 12.7. The van der Waals surface area contributed by atoms with Crippen molar-refractivity contribution in [2.24, 2.45) is 0 Å². The number of carbonyl (C=O) groups excluding carboxylic acids is 1. The number of aryl methyl sites for hydroxylation is 2. The molecule has 1 heterocycles. The first kappa shape index (κ1) is 12.2. The van der Waals surface area contributed by atoms with Gasteiger partial charge in [-0.1, -0.05) is 12.1 Å². The van der Waals surface area contributed by atoms with Crippen LogP contribution in [0.5, 0.6) is 0 Å². The van der Waals surface area contributed by atoms with Gasteiger partial charge < -0.3 is 0 Å². The number of benzene rings is 1. The summed E-state index contributed by atoms with van der Waals surface area (Å²) in [6.45, 7) is 3.66. The van der Waals surface area contributed by atoms with Crippen molar-refractivity contribution in [3.05, 3.63) is 59.2 Å². The van der Waals surface area contributed by atoms with E-state index in [-0.39, 0.29) is 11.7 Å². The van der Waals surface area contributed by atoms with Crippen molar-refractivity contribution in [3.63, 3.8) is 0 Å². The lowest BCUT2D eigenvalue weighted by Gasteiger charge is -1.97. The van der Waals surface area contributed by atoms with E-state index in [1.165, 1.54) is 22.9 Å². The molecule has 0 N–H and O–H groups in total. The highest BCUT2D eigenvalue weighted by atomic mass is 19.1. The van der Waals surface area contributed by atoms with Gasteiger partial charge in [-0.2, -0.15) is 5.10 Å². The van der Waals surface area contributed by atoms with Gasteiger partial charge in [-0.05, 0) is 43.7 Å². The van der Waals surface area contributed by atoms with Crippen LogP contribution in [0.25, 0.3) is 6.08 Å². The predicted octanol–water partition coefficient (Wildman–Crippen LogP) is 2.99. The van der Waals surface area contributed by atoms with Gasteiger partial charge in [0.2, 0.25) is 0 Å². The van der Waals surface area contributed by atoms with Crippen molar-refractivity contribution in [1.82, 2.24) is 9.78 Å². The van der Waals surface area contributed by atoms with Crippen LogP contribution in [0.3, 0.4) is 0 Å². The Kier molecular flexibility index (Phi) is 3.37. The number of aromatic nitrogens is 2. The quantitative estimate of drug-likeness (QED) is 0.761. The second kappa shape index (κ2) is 4.96. The van der Waals surface area contributed by atoms with Crippen LogP contribution in [-0.2, 0) is 0 Å². The lowest BCUT2D eigenvalue weighted by Crippen LogP contribution is -2.10. The van der Waals surface area contributed by atoms with E-state index in [2.05, 4.69) is 5.10 Å². The zero-order valence-corrected chi connectivity index (χ0v) is 10.2. The highest BCUT2D eigenvalue weighted by molar-refractivity contribution is 5.93. The van der Waals surface area contributed by atoms with E-state index in [9.17, 15) is 9.18 Å². The third-order valence-corrected chi connectivity index (χ3v) is 2.51. The SMILES string of the molecule is Cc1cc(C)n(C(=O)C=Cc2ccc(F)cc2)n1. The molecule has 0 radical (unpaired) electrons. The Morgan fingerprint density at radius 1 is 1.28 bits per heavy atom. The fraction of sp³-hybridized carbons (Fsp3) is 0.143. The molecule has 0 atom stereocenters. The Morgan fingerprint density at radius 2 is 1.94 bits per heavy atom. The van der Waals surface area contributed by atoms with Crippen LogP contribution in [0.2, 0.25) is 0 Å². The number of allylic oxidation sites excluding steroid dienone is 1. The number of carbonyl (C=O) groups is 1. The molecule has 0 spiro atoms. The summed E-state index contributed by atoms with van der Waals surface area (Å²) >= 11 is 0. The van der Waals surface area contributed by atoms with E-state index < -0.39 is 0 Å². The first-order valence-corrected chi connectivity index (χ1v) is 5.57. The Balaban J connectivity index is 2.16. The maximum atomic E-state index is 12.7. The van der Waals surface area contributed by atoms with Crippen molar-refractivity contribution in [1.29, 1.82) is 0 Å². The summed E-state index contributed by atoms with van der Waals surface area (Å²) in [4.78, 5) is 11.9. The van der Waals surface area contributed by atoms with Gasteiger partial charge in [0.1, 0.15) is 5.82 Å². The number of halogens is 1. The number of nitrogens with zero attached hydrogens (tertiary/aromatic N) is 2. The number of hydrogen-bond donors (Lipinski definition) is 0. The van der Waals surface area contributed by atoms with Gasteiger partial charge >= 0.3 is 0 Å². The molecule has 0 amide bonds. The van der Waals surface area contributed by atoms with Gasteiger partial charge in [-0.25, -0.2) is 9.07 Å². The summed E-state index contributed by atoms with van der Waals surface area (Å²) in [5.74, 6) is -0.512. The van der Waals surface area contributed by atoms with E-state index in [4.69, 9.17) is 0 Å². The second-order valence-electron chi connectivity index (χ2n) is 4.06. The molecule has 3 nitrogen and oxygen atoms in total. The van der Waals surface area contributed by atoms with Crippen molar-refractivity contribution >= 4 is 12.0 Å². The Bertz CT molecular complexity index is 597. The highest BCUT2D eigenvalue weighted by Gasteiger charge is 2.06. The average Bonchev–Trinajstić information content (AvgIpc) is 2.67. The fourth-order valence-corrected chi connectivity index (χ4v) is 1.66. The molecule has 0 aliphatic rings. The summed E-state index contributed by atoms with van der Waals surface area (Å²) in [6, 6.07) is 7.77. The summed E-state index contributed by atoms with van der Waals surface area (Å²) < 4.78 is 14.0. The lowest BCUT2D eigenvalue weighted by atomic mass is 10.2. The minimum atomic E-state index is -0.294. The average molecular weight is 244 g/mol. The largest absolute Gasteiger partial charge is 0.271 e. The topological polar surface area (TPSA) is 34.9 Å². The Labute approximate surface area is 105 Å². The minimum absolute atomic E-state index is 0.218. The van der Waals surface area contributed by atoms with Crippen LogP contribution in [0.1, 0.15) is 21.7 Å². The van der Waals surface area contributed by atoms with Crippen molar-refractivity contribution in [2.75, 3.05) is 0 Å². The molecule has 18 heavy (non-hydrogen) atoms. The van der Waals surface area contributed by atoms with Crippen LogP contribution >= 0.6 is 0 Å². The number of rotatable bonds is 2. The third-order valence-electron chi connectivity index (χ3n) is 2.51. The Morgan fingerprint density at radius 3 is 2.50 bits per heavy atom. The van der Waals surface area contributed by atoms with Gasteiger partial charge in [-0.15, -0.1) is 0 Å². The van der Waals surface area contributed by atoms with Crippen molar-refractivity contribution in [3.8, 4) is 0 Å². The zero-order chi connectivity index (χ0) is 13.1. The van der Waals surface area contributed by atoms with Gasteiger partial charge in [0, 0.05) is 11.8 Å². The first-order chi connectivity index (χ1) is 8.56. The van der Waals surface area contributed by atoms with Gasteiger partial charge in [0.05, 0.1) is 5.69 Å². The monoisotopic (exact) mass is 244 g/mol. The van der Waals surface area contributed by atoms with E-state index in [0.717, 1.165) is 17.0 Å². The number of hydrogen-bond acceptors (Lipinski definition) is 2. The van der Waals surface area contributed by atoms with Crippen LogP contribution in [0, 0.1) is 19.7 Å². The molecule has 0 saturated carbocycles. The first-order valence-electron chi connectivity index (χ1n) is 5.57. The van der Waals surface area contributed by atoms with E-state index in [1.807, 2.05) is 19.9 Å².